The first-order chi connectivity index (χ1) is 13.4. The molecule has 0 unspecified atom stereocenters. The molecule has 158 valence electrons. The predicted molar refractivity (Wildman–Crippen MR) is 115 cm³/mol. The zero-order valence-corrected chi connectivity index (χ0v) is 18.4. The fraction of sp³-hybridized carbons (Fsp3) is 0.455. The van der Waals surface area contributed by atoms with E-state index in [4.69, 9.17) is 11.6 Å². The Kier molecular flexibility index (Phi) is 7.01. The van der Waals surface area contributed by atoms with E-state index in [-0.39, 0.29) is 35.1 Å². The van der Waals surface area contributed by atoms with Crippen molar-refractivity contribution in [3.05, 3.63) is 52.8 Å². The quantitative estimate of drug-likeness (QED) is 0.659. The lowest BCUT2D eigenvalue weighted by Crippen LogP contribution is -2.48. The number of nitrogens with one attached hydrogen (secondary N) is 2. The normalized spacial score (nSPS) is 14.4. The molecule has 29 heavy (non-hydrogen) atoms. The molecule has 1 heterocycles. The van der Waals surface area contributed by atoms with E-state index in [1.165, 1.54) is 6.07 Å². The van der Waals surface area contributed by atoms with Gasteiger partial charge in [0.05, 0.1) is 6.42 Å². The summed E-state index contributed by atoms with van der Waals surface area (Å²) in [6.45, 7) is 10.5. The highest BCUT2D eigenvalue weighted by Gasteiger charge is 2.29. The van der Waals surface area contributed by atoms with Crippen molar-refractivity contribution in [1.82, 2.24) is 15.5 Å². The van der Waals surface area contributed by atoms with Gasteiger partial charge >= 0.3 is 0 Å². The van der Waals surface area contributed by atoms with Crippen molar-refractivity contribution >= 4 is 23.4 Å². The molecule has 1 aliphatic rings. The number of hydrogen-bond acceptors (Lipinski definition) is 4. The largest absolute Gasteiger partial charge is 0.508 e. The number of phenols is 1. The van der Waals surface area contributed by atoms with Crippen molar-refractivity contribution in [1.29, 1.82) is 0 Å². The van der Waals surface area contributed by atoms with Crippen molar-refractivity contribution in [2.24, 2.45) is 0 Å². The number of halogens is 1. The number of carbonyl (C=O) groups is 2. The van der Waals surface area contributed by atoms with E-state index in [2.05, 4.69) is 15.5 Å². The third-order valence-corrected chi connectivity index (χ3v) is 4.74. The van der Waals surface area contributed by atoms with Crippen LogP contribution in [0, 0.1) is 0 Å². The fourth-order valence-corrected chi connectivity index (χ4v) is 3.26. The fourth-order valence-electron chi connectivity index (χ4n) is 3.07. The number of carbonyl (C=O) groups excluding carboxylic acids is 2. The molecule has 7 heteroatoms. The molecule has 1 aromatic rings. The van der Waals surface area contributed by atoms with Crippen LogP contribution in [0.4, 0.5) is 0 Å². The van der Waals surface area contributed by atoms with Gasteiger partial charge in [-0.3, -0.25) is 9.59 Å². The molecule has 2 amide bonds. The molecule has 0 aromatic heterocycles. The summed E-state index contributed by atoms with van der Waals surface area (Å²) in [7, 11) is 0. The lowest BCUT2D eigenvalue weighted by molar-refractivity contribution is -0.124. The second-order valence-electron chi connectivity index (χ2n) is 8.91. The first kappa shape index (κ1) is 22.8. The molecule has 0 radical (unpaired) electrons. The number of allylic oxidation sites excluding steroid dienone is 1. The molecule has 0 saturated heterocycles. The summed E-state index contributed by atoms with van der Waals surface area (Å²) >= 11 is 5.92. The van der Waals surface area contributed by atoms with Gasteiger partial charge in [-0.25, -0.2) is 0 Å². The first-order valence-corrected chi connectivity index (χ1v) is 9.97. The van der Waals surface area contributed by atoms with E-state index in [0.717, 1.165) is 0 Å². The number of hydrogen-bond donors (Lipinski definition) is 3. The van der Waals surface area contributed by atoms with Crippen LogP contribution >= 0.6 is 11.6 Å². The molecule has 3 N–H and O–H groups in total. The Bertz CT molecular complexity index is 838. The zero-order chi connectivity index (χ0) is 21.8. The molecule has 1 aromatic carbocycles. The van der Waals surface area contributed by atoms with Crippen molar-refractivity contribution < 1.29 is 14.7 Å². The monoisotopic (exact) mass is 419 g/mol. The van der Waals surface area contributed by atoms with Gasteiger partial charge in [-0.05, 0) is 65.0 Å². The topological polar surface area (TPSA) is 81.7 Å². The summed E-state index contributed by atoms with van der Waals surface area (Å²) < 4.78 is 0. The standard InChI is InChI=1S/C22H30ClN3O3/c1-21(2,3)25-20(29)14-22(4,5)26-10-8-17(9-11-26)24-19(28)13-15-12-16(23)6-7-18(15)27/h6-10,12,27H,11,13-14H2,1-5H3,(H,24,28)(H,25,29). The Balaban J connectivity index is 1.91. The van der Waals surface area contributed by atoms with E-state index >= 15 is 0 Å². The Labute approximate surface area is 177 Å². The Morgan fingerprint density at radius 1 is 1.17 bits per heavy atom. The molecule has 0 bridgehead atoms. The van der Waals surface area contributed by atoms with E-state index in [1.54, 1.807) is 12.1 Å². The SMILES string of the molecule is CC(C)(C)NC(=O)CC(C)(C)N1C=CC(NC(=O)Cc2cc(Cl)ccc2O)=CC1. The summed E-state index contributed by atoms with van der Waals surface area (Å²) in [4.78, 5) is 26.6. The van der Waals surface area contributed by atoms with Gasteiger partial charge in [0.15, 0.2) is 0 Å². The van der Waals surface area contributed by atoms with Crippen molar-refractivity contribution in [2.45, 2.75) is 58.5 Å². The Morgan fingerprint density at radius 2 is 1.86 bits per heavy atom. The van der Waals surface area contributed by atoms with E-state index in [9.17, 15) is 14.7 Å². The number of aromatic hydroxyl groups is 1. The van der Waals surface area contributed by atoms with Crippen molar-refractivity contribution in [2.75, 3.05) is 6.54 Å². The maximum Gasteiger partial charge on any atom is 0.228 e. The Morgan fingerprint density at radius 3 is 2.45 bits per heavy atom. The van der Waals surface area contributed by atoms with Crippen LogP contribution < -0.4 is 10.6 Å². The zero-order valence-electron chi connectivity index (χ0n) is 17.7. The molecule has 0 fully saturated rings. The molecule has 1 aliphatic heterocycles. The second kappa shape index (κ2) is 8.91. The van der Waals surface area contributed by atoms with Gasteiger partial charge < -0.3 is 20.6 Å². The highest BCUT2D eigenvalue weighted by Crippen LogP contribution is 2.24. The van der Waals surface area contributed by atoms with Crippen LogP contribution in [0.2, 0.25) is 5.02 Å². The molecular weight excluding hydrogens is 390 g/mol. The van der Waals surface area contributed by atoms with Gasteiger partial charge in [0.25, 0.3) is 0 Å². The van der Waals surface area contributed by atoms with Crippen molar-refractivity contribution in [3.8, 4) is 5.75 Å². The van der Waals surface area contributed by atoms with Crippen molar-refractivity contribution in [3.63, 3.8) is 0 Å². The molecular formula is C22H30ClN3O3. The third kappa shape index (κ3) is 7.13. The summed E-state index contributed by atoms with van der Waals surface area (Å²) in [5, 5.41) is 16.1. The lowest BCUT2D eigenvalue weighted by Gasteiger charge is -2.39. The minimum atomic E-state index is -0.371. The van der Waals surface area contributed by atoms with Crippen LogP contribution in [-0.4, -0.2) is 39.4 Å². The minimum Gasteiger partial charge on any atom is -0.508 e. The van der Waals surface area contributed by atoms with E-state index in [0.29, 0.717) is 29.2 Å². The first-order valence-electron chi connectivity index (χ1n) is 9.59. The van der Waals surface area contributed by atoms with Gasteiger partial charge in [-0.15, -0.1) is 0 Å². The number of benzene rings is 1. The number of phenolic OH excluding ortho intramolecular Hbond substituents is 1. The van der Waals surface area contributed by atoms with Gasteiger partial charge in [0.2, 0.25) is 11.8 Å². The molecule has 6 nitrogen and oxygen atoms in total. The minimum absolute atomic E-state index is 0.000286. The van der Waals surface area contributed by atoms with Crippen LogP contribution in [0.15, 0.2) is 42.2 Å². The molecule has 0 aliphatic carbocycles. The smallest absolute Gasteiger partial charge is 0.228 e. The average molecular weight is 420 g/mol. The highest BCUT2D eigenvalue weighted by atomic mass is 35.5. The number of nitrogens with zero attached hydrogens (tertiary/aromatic N) is 1. The third-order valence-electron chi connectivity index (χ3n) is 4.50. The highest BCUT2D eigenvalue weighted by molar-refractivity contribution is 6.30. The van der Waals surface area contributed by atoms with Crippen LogP contribution in [0.25, 0.3) is 0 Å². The number of amides is 2. The summed E-state index contributed by atoms with van der Waals surface area (Å²) in [5.74, 6) is -0.199. The van der Waals surface area contributed by atoms with E-state index < -0.39 is 0 Å². The van der Waals surface area contributed by atoms with Crippen LogP contribution in [0.5, 0.6) is 5.75 Å². The van der Waals surface area contributed by atoms with Gasteiger partial charge in [0.1, 0.15) is 5.75 Å². The predicted octanol–water partition coefficient (Wildman–Crippen LogP) is 3.50. The lowest BCUT2D eigenvalue weighted by atomic mass is 9.96. The van der Waals surface area contributed by atoms with Gasteiger partial charge in [0, 0.05) is 46.5 Å². The summed E-state index contributed by atoms with van der Waals surface area (Å²) in [5.41, 5.74) is 0.523. The van der Waals surface area contributed by atoms with Gasteiger partial charge in [-0.2, -0.15) is 0 Å². The van der Waals surface area contributed by atoms with Crippen LogP contribution in [0.3, 0.4) is 0 Å². The molecule has 0 atom stereocenters. The molecule has 0 spiro atoms. The maximum absolute atomic E-state index is 12.3. The van der Waals surface area contributed by atoms with E-state index in [1.807, 2.05) is 53.0 Å². The number of rotatable bonds is 6. The van der Waals surface area contributed by atoms with Gasteiger partial charge in [-0.1, -0.05) is 11.6 Å². The second-order valence-corrected chi connectivity index (χ2v) is 9.35. The summed E-state index contributed by atoms with van der Waals surface area (Å²) in [6, 6.07) is 4.62. The summed E-state index contributed by atoms with van der Waals surface area (Å²) in [6.07, 6.45) is 5.98. The van der Waals surface area contributed by atoms with Crippen LogP contribution in [0.1, 0.15) is 46.6 Å². The molecule has 0 saturated carbocycles. The molecule has 2 rings (SSSR count). The average Bonchev–Trinajstić information content (AvgIpc) is 2.56. The maximum atomic E-state index is 12.3. The Hall–Kier alpha value is -2.47. The van der Waals surface area contributed by atoms with Crippen LogP contribution in [-0.2, 0) is 16.0 Å².